The first-order chi connectivity index (χ1) is 13.6. The van der Waals surface area contributed by atoms with E-state index in [0.717, 1.165) is 31.2 Å². The van der Waals surface area contributed by atoms with Gasteiger partial charge in [0.2, 0.25) is 17.7 Å². The number of hydrogen-bond donors (Lipinski definition) is 0. The number of imide groups is 1. The SMILES string of the molecule is O=C(CN1C(=O)C2CCCCC2C1=O)N(Cc1ccccc1)Cc1ccco1. The molecule has 1 saturated heterocycles. The zero-order chi connectivity index (χ0) is 19.5. The summed E-state index contributed by atoms with van der Waals surface area (Å²) in [6.07, 6.45) is 5.01. The van der Waals surface area contributed by atoms with Crippen molar-refractivity contribution < 1.29 is 18.8 Å². The van der Waals surface area contributed by atoms with E-state index in [0.29, 0.717) is 18.8 Å². The molecule has 146 valence electrons. The molecular formula is C22H24N2O4. The van der Waals surface area contributed by atoms with Gasteiger partial charge in [-0.1, -0.05) is 43.2 Å². The van der Waals surface area contributed by atoms with Crippen LogP contribution in [0.3, 0.4) is 0 Å². The molecule has 0 bridgehead atoms. The van der Waals surface area contributed by atoms with Gasteiger partial charge in [0.15, 0.2) is 0 Å². The van der Waals surface area contributed by atoms with Crippen LogP contribution < -0.4 is 0 Å². The summed E-state index contributed by atoms with van der Waals surface area (Å²) in [6, 6.07) is 13.2. The fourth-order valence-corrected chi connectivity index (χ4v) is 4.25. The minimum atomic E-state index is -0.249. The predicted octanol–water partition coefficient (Wildman–Crippen LogP) is 2.98. The molecule has 6 heteroatoms. The summed E-state index contributed by atoms with van der Waals surface area (Å²) in [6.45, 7) is 0.492. The number of amides is 3. The number of likely N-dealkylation sites (tertiary alicyclic amines) is 1. The second-order valence-corrected chi connectivity index (χ2v) is 7.57. The Hall–Kier alpha value is -2.89. The smallest absolute Gasteiger partial charge is 0.243 e. The third-order valence-corrected chi connectivity index (χ3v) is 5.72. The van der Waals surface area contributed by atoms with Crippen LogP contribution in [0.5, 0.6) is 0 Å². The summed E-state index contributed by atoms with van der Waals surface area (Å²) in [5.41, 5.74) is 0.982. The molecule has 0 spiro atoms. The van der Waals surface area contributed by atoms with Crippen LogP contribution in [0, 0.1) is 11.8 Å². The van der Waals surface area contributed by atoms with Crippen molar-refractivity contribution in [2.45, 2.75) is 38.8 Å². The van der Waals surface area contributed by atoms with E-state index in [1.165, 1.54) is 4.90 Å². The molecule has 28 heavy (non-hydrogen) atoms. The van der Waals surface area contributed by atoms with E-state index >= 15 is 0 Å². The van der Waals surface area contributed by atoms with Crippen LogP contribution in [0.1, 0.15) is 37.0 Å². The highest BCUT2D eigenvalue weighted by molar-refractivity contribution is 6.07. The average molecular weight is 380 g/mol. The summed E-state index contributed by atoms with van der Waals surface area (Å²) in [7, 11) is 0. The predicted molar refractivity (Wildman–Crippen MR) is 102 cm³/mol. The average Bonchev–Trinajstić information content (AvgIpc) is 3.31. The largest absolute Gasteiger partial charge is 0.467 e. The molecule has 2 fully saturated rings. The lowest BCUT2D eigenvalue weighted by Crippen LogP contribution is -2.42. The third kappa shape index (κ3) is 3.72. The molecule has 4 rings (SSSR count). The van der Waals surface area contributed by atoms with Crippen molar-refractivity contribution in [3.05, 3.63) is 60.1 Å². The summed E-state index contributed by atoms with van der Waals surface area (Å²) >= 11 is 0. The molecule has 2 heterocycles. The molecule has 1 aliphatic carbocycles. The molecule has 0 N–H and O–H groups in total. The van der Waals surface area contributed by atoms with E-state index in [-0.39, 0.29) is 36.1 Å². The van der Waals surface area contributed by atoms with Gasteiger partial charge in [0.05, 0.1) is 24.6 Å². The minimum absolute atomic E-state index is 0.180. The van der Waals surface area contributed by atoms with E-state index in [1.807, 2.05) is 36.4 Å². The number of carbonyl (C=O) groups excluding carboxylic acids is 3. The zero-order valence-electron chi connectivity index (χ0n) is 15.8. The Labute approximate surface area is 164 Å². The van der Waals surface area contributed by atoms with Crippen molar-refractivity contribution >= 4 is 17.7 Å². The highest BCUT2D eigenvalue weighted by Crippen LogP contribution is 2.37. The Bertz CT molecular complexity index is 823. The molecule has 6 nitrogen and oxygen atoms in total. The standard InChI is InChI=1S/C22H24N2O4/c25-20(15-24-21(26)18-10-4-5-11-19(18)22(24)27)23(14-17-9-6-12-28-17)13-16-7-2-1-3-8-16/h1-3,6-9,12,18-19H,4-5,10-11,13-15H2. The molecule has 0 radical (unpaired) electrons. The zero-order valence-corrected chi connectivity index (χ0v) is 15.8. The van der Waals surface area contributed by atoms with Crippen LogP contribution in [0.4, 0.5) is 0 Å². The molecule has 1 aromatic heterocycles. The molecule has 1 aliphatic heterocycles. The number of carbonyl (C=O) groups is 3. The summed E-state index contributed by atoms with van der Waals surface area (Å²) < 4.78 is 5.40. The van der Waals surface area contributed by atoms with E-state index in [4.69, 9.17) is 4.42 Å². The van der Waals surface area contributed by atoms with E-state index in [1.54, 1.807) is 17.2 Å². The fraction of sp³-hybridized carbons (Fsp3) is 0.409. The Morgan fingerprint density at radius 1 is 0.964 bits per heavy atom. The van der Waals surface area contributed by atoms with E-state index < -0.39 is 0 Å². The number of furan rings is 1. The Morgan fingerprint density at radius 3 is 2.25 bits per heavy atom. The number of nitrogens with zero attached hydrogens (tertiary/aromatic N) is 2. The van der Waals surface area contributed by atoms with Gasteiger partial charge >= 0.3 is 0 Å². The van der Waals surface area contributed by atoms with Crippen LogP contribution in [-0.2, 0) is 27.5 Å². The first-order valence-electron chi connectivity index (χ1n) is 9.83. The second-order valence-electron chi connectivity index (χ2n) is 7.57. The van der Waals surface area contributed by atoms with Gasteiger partial charge in [-0.05, 0) is 30.5 Å². The van der Waals surface area contributed by atoms with Crippen molar-refractivity contribution in [1.29, 1.82) is 0 Å². The van der Waals surface area contributed by atoms with Gasteiger partial charge in [0.25, 0.3) is 0 Å². The summed E-state index contributed by atoms with van der Waals surface area (Å²) in [4.78, 5) is 41.3. The van der Waals surface area contributed by atoms with Gasteiger partial charge in [0.1, 0.15) is 12.3 Å². The molecule has 3 amide bonds. The summed E-state index contributed by atoms with van der Waals surface area (Å²) in [5.74, 6) is -0.414. The van der Waals surface area contributed by atoms with Crippen LogP contribution in [0.15, 0.2) is 53.1 Å². The van der Waals surface area contributed by atoms with Crippen LogP contribution in [-0.4, -0.2) is 34.1 Å². The van der Waals surface area contributed by atoms with Crippen molar-refractivity contribution in [2.75, 3.05) is 6.54 Å². The van der Waals surface area contributed by atoms with Crippen LogP contribution >= 0.6 is 0 Å². The Kier molecular flexibility index (Phi) is 5.28. The third-order valence-electron chi connectivity index (χ3n) is 5.72. The molecule has 1 saturated carbocycles. The Morgan fingerprint density at radius 2 is 1.64 bits per heavy atom. The van der Waals surface area contributed by atoms with Gasteiger partial charge in [-0.15, -0.1) is 0 Å². The van der Waals surface area contributed by atoms with Crippen molar-refractivity contribution in [3.63, 3.8) is 0 Å². The van der Waals surface area contributed by atoms with Crippen molar-refractivity contribution in [1.82, 2.24) is 9.80 Å². The topological polar surface area (TPSA) is 70.8 Å². The van der Waals surface area contributed by atoms with Gasteiger partial charge in [-0.3, -0.25) is 19.3 Å². The summed E-state index contributed by atoms with van der Waals surface area (Å²) in [5, 5.41) is 0. The van der Waals surface area contributed by atoms with Crippen molar-refractivity contribution in [2.24, 2.45) is 11.8 Å². The van der Waals surface area contributed by atoms with Gasteiger partial charge < -0.3 is 9.32 Å². The highest BCUT2D eigenvalue weighted by Gasteiger charge is 2.48. The second kappa shape index (κ2) is 8.00. The maximum Gasteiger partial charge on any atom is 0.243 e. The van der Waals surface area contributed by atoms with Crippen LogP contribution in [0.25, 0.3) is 0 Å². The number of benzene rings is 1. The van der Waals surface area contributed by atoms with E-state index in [9.17, 15) is 14.4 Å². The normalized spacial score (nSPS) is 21.6. The van der Waals surface area contributed by atoms with E-state index in [2.05, 4.69) is 0 Å². The minimum Gasteiger partial charge on any atom is -0.467 e. The first kappa shape index (κ1) is 18.5. The molecule has 2 atom stereocenters. The molecule has 2 unspecified atom stereocenters. The lowest BCUT2D eigenvalue weighted by molar-refractivity contribution is -0.147. The molecule has 2 aliphatic rings. The lowest BCUT2D eigenvalue weighted by Gasteiger charge is -2.24. The quantitative estimate of drug-likeness (QED) is 0.723. The number of rotatable bonds is 6. The fourth-order valence-electron chi connectivity index (χ4n) is 4.25. The molecule has 2 aromatic rings. The van der Waals surface area contributed by atoms with Gasteiger partial charge in [-0.2, -0.15) is 0 Å². The number of fused-ring (bicyclic) bond motifs is 1. The van der Waals surface area contributed by atoms with Crippen molar-refractivity contribution in [3.8, 4) is 0 Å². The lowest BCUT2D eigenvalue weighted by atomic mass is 9.81. The maximum atomic E-state index is 13.1. The van der Waals surface area contributed by atoms with Gasteiger partial charge in [0, 0.05) is 6.54 Å². The highest BCUT2D eigenvalue weighted by atomic mass is 16.3. The monoisotopic (exact) mass is 380 g/mol. The first-order valence-corrected chi connectivity index (χ1v) is 9.83. The van der Waals surface area contributed by atoms with Gasteiger partial charge in [-0.25, -0.2) is 0 Å². The Balaban J connectivity index is 1.50. The number of hydrogen-bond acceptors (Lipinski definition) is 4. The van der Waals surface area contributed by atoms with Crippen LogP contribution in [0.2, 0.25) is 0 Å². The molecular weight excluding hydrogens is 356 g/mol. The maximum absolute atomic E-state index is 13.1. The molecule has 1 aromatic carbocycles.